The fourth-order valence-corrected chi connectivity index (χ4v) is 4.89. The molecule has 1 saturated carbocycles. The summed E-state index contributed by atoms with van der Waals surface area (Å²) in [6.45, 7) is 3.48. The molecule has 2 fully saturated rings. The zero-order valence-electron chi connectivity index (χ0n) is 15.7. The van der Waals surface area contributed by atoms with Gasteiger partial charge in [0.15, 0.2) is 0 Å². The van der Waals surface area contributed by atoms with E-state index in [1.807, 2.05) is 4.68 Å². The molecular weight excluding hydrogens is 380 g/mol. The van der Waals surface area contributed by atoms with E-state index in [9.17, 15) is 13.2 Å². The number of morpholine rings is 1. The summed E-state index contributed by atoms with van der Waals surface area (Å²) >= 11 is 0. The van der Waals surface area contributed by atoms with Crippen molar-refractivity contribution in [3.63, 3.8) is 0 Å². The Labute approximate surface area is 164 Å². The van der Waals surface area contributed by atoms with Crippen molar-refractivity contribution in [2.45, 2.75) is 30.7 Å². The zero-order chi connectivity index (χ0) is 19.7. The number of benzene rings is 1. The van der Waals surface area contributed by atoms with Crippen molar-refractivity contribution in [2.24, 2.45) is 5.92 Å². The molecule has 1 amide bonds. The number of aromatic nitrogens is 2. The van der Waals surface area contributed by atoms with Crippen LogP contribution in [0.1, 0.15) is 36.2 Å². The number of sulfonamides is 1. The molecule has 1 aliphatic heterocycles. The number of hydrogen-bond donors (Lipinski definition) is 1. The van der Waals surface area contributed by atoms with Gasteiger partial charge in [0.05, 0.1) is 30.3 Å². The van der Waals surface area contributed by atoms with Crippen molar-refractivity contribution >= 4 is 21.7 Å². The van der Waals surface area contributed by atoms with Crippen LogP contribution >= 0.6 is 0 Å². The van der Waals surface area contributed by atoms with Crippen LogP contribution in [0.4, 0.5) is 5.82 Å². The van der Waals surface area contributed by atoms with Crippen LogP contribution < -0.4 is 5.32 Å². The molecule has 2 aromatic rings. The van der Waals surface area contributed by atoms with Crippen LogP contribution in [-0.4, -0.2) is 54.7 Å². The first kappa shape index (κ1) is 19.1. The first-order valence-electron chi connectivity index (χ1n) is 9.49. The number of ether oxygens (including phenoxy) is 1. The molecule has 8 nitrogen and oxygen atoms in total. The summed E-state index contributed by atoms with van der Waals surface area (Å²) in [6, 6.07) is 8.11. The van der Waals surface area contributed by atoms with Gasteiger partial charge in [-0.1, -0.05) is 6.07 Å². The van der Waals surface area contributed by atoms with Crippen LogP contribution in [0.5, 0.6) is 0 Å². The number of anilines is 1. The molecule has 0 spiro atoms. The maximum absolute atomic E-state index is 12.8. The van der Waals surface area contributed by atoms with Gasteiger partial charge in [0.25, 0.3) is 5.91 Å². The molecule has 0 unspecified atom stereocenters. The van der Waals surface area contributed by atoms with Crippen molar-refractivity contribution in [1.82, 2.24) is 14.1 Å². The Morgan fingerprint density at radius 3 is 2.71 bits per heavy atom. The van der Waals surface area contributed by atoms with E-state index in [0.717, 1.165) is 0 Å². The predicted octanol–water partition coefficient (Wildman–Crippen LogP) is 2.13. The molecular formula is C19H24N4O4S. The molecule has 150 valence electrons. The van der Waals surface area contributed by atoms with Gasteiger partial charge in [-0.15, -0.1) is 0 Å². The Morgan fingerprint density at radius 1 is 1.25 bits per heavy atom. The molecule has 0 bridgehead atoms. The number of carbonyl (C=O) groups excluding carboxylic acids is 1. The van der Waals surface area contributed by atoms with Crippen molar-refractivity contribution in [3.8, 4) is 0 Å². The number of nitrogens with one attached hydrogen (secondary N) is 1. The normalized spacial score (nSPS) is 19.3. The first-order chi connectivity index (χ1) is 13.5. The molecule has 1 aromatic heterocycles. The number of carbonyl (C=O) groups is 1. The molecule has 0 radical (unpaired) electrons. The molecule has 1 atom stereocenters. The number of hydrogen-bond acceptors (Lipinski definition) is 5. The molecule has 1 N–H and O–H groups in total. The van der Waals surface area contributed by atoms with Crippen molar-refractivity contribution in [1.29, 1.82) is 0 Å². The van der Waals surface area contributed by atoms with Gasteiger partial charge >= 0.3 is 0 Å². The van der Waals surface area contributed by atoms with Crippen LogP contribution in [0.2, 0.25) is 0 Å². The smallest absolute Gasteiger partial charge is 0.256 e. The highest BCUT2D eigenvalue weighted by molar-refractivity contribution is 7.89. The minimum Gasteiger partial charge on any atom is -0.379 e. The second-order valence-corrected chi connectivity index (χ2v) is 9.18. The van der Waals surface area contributed by atoms with Crippen molar-refractivity contribution in [3.05, 3.63) is 42.1 Å². The number of rotatable bonds is 6. The minimum atomic E-state index is -3.65. The Kier molecular flexibility index (Phi) is 5.22. The SMILES string of the molecule is C[C@H](C1CC1)n1nccc1NC(=O)c1cccc(S(=O)(=O)N2CCOCC2)c1. The Balaban J connectivity index is 1.53. The van der Waals surface area contributed by atoms with Crippen molar-refractivity contribution in [2.75, 3.05) is 31.6 Å². The van der Waals surface area contributed by atoms with Gasteiger partial charge in [-0.25, -0.2) is 13.1 Å². The lowest BCUT2D eigenvalue weighted by atomic mass is 10.2. The van der Waals surface area contributed by atoms with E-state index in [1.165, 1.54) is 29.3 Å². The van der Waals surface area contributed by atoms with Gasteiger partial charge in [0.1, 0.15) is 5.82 Å². The molecule has 4 rings (SSSR count). The van der Waals surface area contributed by atoms with Gasteiger partial charge in [-0.2, -0.15) is 9.40 Å². The second-order valence-electron chi connectivity index (χ2n) is 7.24. The minimum absolute atomic E-state index is 0.113. The van der Waals surface area contributed by atoms with E-state index in [0.29, 0.717) is 43.6 Å². The zero-order valence-corrected chi connectivity index (χ0v) is 16.6. The molecule has 1 aliphatic carbocycles. The Morgan fingerprint density at radius 2 is 2.00 bits per heavy atom. The molecule has 1 aromatic carbocycles. The third kappa shape index (κ3) is 3.82. The summed E-state index contributed by atoms with van der Waals surface area (Å²) in [4.78, 5) is 12.9. The van der Waals surface area contributed by atoms with E-state index in [2.05, 4.69) is 17.3 Å². The van der Waals surface area contributed by atoms with E-state index in [4.69, 9.17) is 4.74 Å². The van der Waals surface area contributed by atoms with Gasteiger partial charge < -0.3 is 10.1 Å². The maximum atomic E-state index is 12.8. The van der Waals surface area contributed by atoms with Gasteiger partial charge in [0, 0.05) is 24.7 Å². The average molecular weight is 404 g/mol. The fraction of sp³-hybridized carbons (Fsp3) is 0.474. The van der Waals surface area contributed by atoms with Crippen LogP contribution in [0.25, 0.3) is 0 Å². The third-order valence-electron chi connectivity index (χ3n) is 5.31. The lowest BCUT2D eigenvalue weighted by molar-refractivity contribution is 0.0730. The first-order valence-corrected chi connectivity index (χ1v) is 10.9. The van der Waals surface area contributed by atoms with E-state index >= 15 is 0 Å². The second kappa shape index (κ2) is 7.65. The molecule has 28 heavy (non-hydrogen) atoms. The summed E-state index contributed by atoms with van der Waals surface area (Å²) in [5.74, 6) is 0.854. The Bertz CT molecular complexity index is 962. The van der Waals surface area contributed by atoms with E-state index in [-0.39, 0.29) is 16.8 Å². The lowest BCUT2D eigenvalue weighted by Gasteiger charge is -2.26. The summed E-state index contributed by atoms with van der Waals surface area (Å²) in [5.41, 5.74) is 0.293. The summed E-state index contributed by atoms with van der Waals surface area (Å²) in [6.07, 6.45) is 4.01. The highest BCUT2D eigenvalue weighted by Gasteiger charge is 2.31. The van der Waals surface area contributed by atoms with Gasteiger partial charge in [0.2, 0.25) is 10.0 Å². The standard InChI is InChI=1S/C19H24N4O4S/c1-14(15-5-6-15)23-18(7-8-20-23)21-19(24)16-3-2-4-17(13-16)28(25,26)22-9-11-27-12-10-22/h2-4,7-8,13-15H,5-6,9-12H2,1H3,(H,21,24)/t14-/m1/s1. The van der Waals surface area contributed by atoms with Crippen LogP contribution in [0, 0.1) is 5.92 Å². The van der Waals surface area contributed by atoms with Crippen molar-refractivity contribution < 1.29 is 17.9 Å². The number of amides is 1. The highest BCUT2D eigenvalue weighted by Crippen LogP contribution is 2.40. The summed E-state index contributed by atoms with van der Waals surface area (Å²) < 4.78 is 34.1. The number of nitrogens with zero attached hydrogens (tertiary/aromatic N) is 3. The quantitative estimate of drug-likeness (QED) is 0.796. The average Bonchev–Trinajstić information content (AvgIpc) is 3.47. The van der Waals surface area contributed by atoms with E-state index < -0.39 is 10.0 Å². The lowest BCUT2D eigenvalue weighted by Crippen LogP contribution is -2.40. The van der Waals surface area contributed by atoms with Gasteiger partial charge in [-0.3, -0.25) is 4.79 Å². The van der Waals surface area contributed by atoms with E-state index in [1.54, 1.807) is 24.4 Å². The van der Waals surface area contributed by atoms with Gasteiger partial charge in [-0.05, 0) is 43.9 Å². The molecule has 2 aliphatic rings. The van der Waals surface area contributed by atoms with Crippen LogP contribution in [0.15, 0.2) is 41.4 Å². The topological polar surface area (TPSA) is 93.5 Å². The largest absolute Gasteiger partial charge is 0.379 e. The van der Waals surface area contributed by atoms with Crippen LogP contribution in [-0.2, 0) is 14.8 Å². The Hall–Kier alpha value is -2.23. The summed E-state index contributed by atoms with van der Waals surface area (Å²) in [5, 5.41) is 7.19. The maximum Gasteiger partial charge on any atom is 0.256 e. The van der Waals surface area contributed by atoms with Crippen LogP contribution in [0.3, 0.4) is 0 Å². The third-order valence-corrected chi connectivity index (χ3v) is 7.20. The predicted molar refractivity (Wildman–Crippen MR) is 104 cm³/mol. The highest BCUT2D eigenvalue weighted by atomic mass is 32.2. The molecule has 2 heterocycles. The summed E-state index contributed by atoms with van der Waals surface area (Å²) in [7, 11) is -3.65. The molecule has 9 heteroatoms. The monoisotopic (exact) mass is 404 g/mol. The fourth-order valence-electron chi connectivity index (χ4n) is 3.44. The molecule has 1 saturated heterocycles.